The number of nitrogens with one attached hydrogen (secondary N) is 1. The lowest BCUT2D eigenvalue weighted by atomic mass is 10.0. The van der Waals surface area contributed by atoms with E-state index in [1.165, 1.54) is 0 Å². The zero-order chi connectivity index (χ0) is 21.8. The van der Waals surface area contributed by atoms with Crippen molar-refractivity contribution in [2.45, 2.75) is 18.4 Å². The van der Waals surface area contributed by atoms with Crippen molar-refractivity contribution in [1.82, 2.24) is 0 Å². The Bertz CT molecular complexity index is 959. The minimum atomic E-state index is -4.90. The molecule has 1 nitrogen and oxygen atoms in total. The van der Waals surface area contributed by atoms with Crippen LogP contribution < -0.4 is 5.32 Å². The lowest BCUT2D eigenvalue weighted by molar-refractivity contribution is -0.143. The number of hydrogen-bond donors (Lipinski definition) is 1. The van der Waals surface area contributed by atoms with Gasteiger partial charge in [0.2, 0.25) is 0 Å². The Balaban J connectivity index is 2.00. The second kappa shape index (κ2) is 8.65. The zero-order valence-electron chi connectivity index (χ0n) is 15.5. The van der Waals surface area contributed by atoms with Crippen LogP contribution in [0.4, 0.5) is 32.0 Å². The van der Waals surface area contributed by atoms with Gasteiger partial charge in [-0.25, -0.2) is 0 Å². The van der Waals surface area contributed by atoms with E-state index in [9.17, 15) is 26.3 Å². The number of hydrogen-bond acceptors (Lipinski definition) is 1. The van der Waals surface area contributed by atoms with Gasteiger partial charge in [-0.05, 0) is 29.3 Å². The van der Waals surface area contributed by atoms with Crippen molar-refractivity contribution in [2.24, 2.45) is 0 Å². The molecule has 7 heteroatoms. The average Bonchev–Trinajstić information content (AvgIpc) is 2.71. The molecule has 1 unspecified atom stereocenters. The molecular formula is C23H17F6N. The maximum absolute atomic E-state index is 13.2. The van der Waals surface area contributed by atoms with Gasteiger partial charge in [0.15, 0.2) is 0 Å². The van der Waals surface area contributed by atoms with Gasteiger partial charge in [-0.3, -0.25) is 0 Å². The minimum absolute atomic E-state index is 0.114. The van der Waals surface area contributed by atoms with Crippen molar-refractivity contribution in [3.05, 3.63) is 107 Å². The lowest BCUT2D eigenvalue weighted by Gasteiger charge is -2.20. The highest BCUT2D eigenvalue weighted by Crippen LogP contribution is 2.38. The first-order valence-corrected chi connectivity index (χ1v) is 8.97. The summed E-state index contributed by atoms with van der Waals surface area (Å²) in [5.41, 5.74) is -1.46. The summed E-state index contributed by atoms with van der Waals surface area (Å²) in [7, 11) is 0. The number of benzene rings is 3. The minimum Gasteiger partial charge on any atom is -0.375 e. The van der Waals surface area contributed by atoms with Crippen LogP contribution in [-0.4, -0.2) is 0 Å². The van der Waals surface area contributed by atoms with Crippen LogP contribution in [0.1, 0.15) is 28.3 Å². The Kier molecular flexibility index (Phi) is 6.20. The van der Waals surface area contributed by atoms with Crippen LogP contribution in [0.3, 0.4) is 0 Å². The summed E-state index contributed by atoms with van der Waals surface area (Å²) >= 11 is 0. The highest BCUT2D eigenvalue weighted by atomic mass is 19.4. The van der Waals surface area contributed by atoms with Gasteiger partial charge in [-0.2, -0.15) is 26.3 Å². The summed E-state index contributed by atoms with van der Waals surface area (Å²) in [6.45, 7) is 0. The van der Waals surface area contributed by atoms with E-state index >= 15 is 0 Å². The Hall–Kier alpha value is -3.22. The van der Waals surface area contributed by atoms with Crippen LogP contribution in [0, 0.1) is 0 Å². The van der Waals surface area contributed by atoms with Gasteiger partial charge >= 0.3 is 12.4 Å². The van der Waals surface area contributed by atoms with Gasteiger partial charge in [0, 0.05) is 5.69 Å². The first-order chi connectivity index (χ1) is 14.1. The monoisotopic (exact) mass is 421 g/mol. The number of halogens is 6. The van der Waals surface area contributed by atoms with Crippen molar-refractivity contribution in [1.29, 1.82) is 0 Å². The van der Waals surface area contributed by atoms with Crippen LogP contribution in [0.25, 0.3) is 6.08 Å². The molecule has 30 heavy (non-hydrogen) atoms. The second-order valence-electron chi connectivity index (χ2n) is 6.60. The van der Waals surface area contributed by atoms with E-state index < -0.39 is 29.5 Å². The first-order valence-electron chi connectivity index (χ1n) is 8.97. The van der Waals surface area contributed by atoms with Crippen LogP contribution in [0.5, 0.6) is 0 Å². The summed E-state index contributed by atoms with van der Waals surface area (Å²) in [5.74, 6) is 0. The second-order valence-corrected chi connectivity index (χ2v) is 6.60. The van der Waals surface area contributed by atoms with Gasteiger partial charge in [-0.1, -0.05) is 72.8 Å². The third kappa shape index (κ3) is 5.65. The first kappa shape index (κ1) is 21.5. The van der Waals surface area contributed by atoms with Crippen molar-refractivity contribution < 1.29 is 26.3 Å². The molecule has 3 aromatic carbocycles. The number of alkyl halides is 6. The Morgan fingerprint density at radius 3 is 1.67 bits per heavy atom. The molecule has 0 saturated heterocycles. The number of anilines is 1. The molecule has 0 heterocycles. The van der Waals surface area contributed by atoms with E-state index in [-0.39, 0.29) is 11.8 Å². The van der Waals surface area contributed by atoms with E-state index in [0.29, 0.717) is 17.7 Å². The summed E-state index contributed by atoms with van der Waals surface area (Å²) in [6, 6.07) is 18.7. The van der Waals surface area contributed by atoms with Crippen LogP contribution in [0.15, 0.2) is 84.9 Å². The Morgan fingerprint density at radius 1 is 0.667 bits per heavy atom. The third-order valence-electron chi connectivity index (χ3n) is 4.35. The van der Waals surface area contributed by atoms with Crippen molar-refractivity contribution in [3.8, 4) is 0 Å². The fourth-order valence-corrected chi connectivity index (χ4v) is 2.89. The summed E-state index contributed by atoms with van der Waals surface area (Å²) < 4.78 is 78.9. The molecule has 1 N–H and O–H groups in total. The molecule has 0 aromatic heterocycles. The maximum Gasteiger partial charge on any atom is 0.416 e. The molecule has 0 spiro atoms. The van der Waals surface area contributed by atoms with Crippen molar-refractivity contribution in [2.75, 3.05) is 5.32 Å². The normalized spacial score (nSPS) is 13.4. The van der Waals surface area contributed by atoms with Gasteiger partial charge in [-0.15, -0.1) is 0 Å². The molecule has 0 bridgehead atoms. The molecule has 156 valence electrons. The van der Waals surface area contributed by atoms with Crippen molar-refractivity contribution >= 4 is 11.8 Å². The largest absolute Gasteiger partial charge is 0.416 e. The molecule has 0 aliphatic rings. The van der Waals surface area contributed by atoms with E-state index in [2.05, 4.69) is 5.32 Å². The van der Waals surface area contributed by atoms with Gasteiger partial charge in [0.1, 0.15) is 0 Å². The summed E-state index contributed by atoms with van der Waals surface area (Å²) in [5, 5.41) is 2.80. The van der Waals surface area contributed by atoms with E-state index in [4.69, 9.17) is 0 Å². The quantitative estimate of drug-likeness (QED) is 0.419. The lowest BCUT2D eigenvalue weighted by Crippen LogP contribution is -2.14. The molecule has 0 saturated carbocycles. The third-order valence-corrected chi connectivity index (χ3v) is 4.35. The van der Waals surface area contributed by atoms with Gasteiger partial charge in [0.25, 0.3) is 0 Å². The Morgan fingerprint density at radius 2 is 1.17 bits per heavy atom. The van der Waals surface area contributed by atoms with Crippen LogP contribution in [0.2, 0.25) is 0 Å². The van der Waals surface area contributed by atoms with E-state index in [1.54, 1.807) is 42.5 Å². The molecule has 1 atom stereocenters. The molecule has 0 aliphatic heterocycles. The molecule has 3 rings (SSSR count). The number of rotatable bonds is 5. The fourth-order valence-electron chi connectivity index (χ4n) is 2.89. The topological polar surface area (TPSA) is 12.0 Å². The molecular weight excluding hydrogens is 404 g/mol. The Labute approximate surface area is 169 Å². The average molecular weight is 421 g/mol. The zero-order valence-corrected chi connectivity index (χ0v) is 15.5. The molecule has 0 radical (unpaired) electrons. The smallest absolute Gasteiger partial charge is 0.375 e. The predicted molar refractivity (Wildman–Crippen MR) is 105 cm³/mol. The predicted octanol–water partition coefficient (Wildman–Crippen LogP) is 7.59. The van der Waals surface area contributed by atoms with E-state index in [0.717, 1.165) is 5.56 Å². The van der Waals surface area contributed by atoms with Crippen LogP contribution in [-0.2, 0) is 12.4 Å². The maximum atomic E-state index is 13.2. The molecule has 0 aliphatic carbocycles. The standard InChI is InChI=1S/C23H17F6N/c24-22(25,26)18-13-19(23(27,28)29)15-20(14-18)30-21(17-9-5-2-6-10-17)12-11-16-7-3-1-4-8-16/h1-15,21,30H/b12-11+. The summed E-state index contributed by atoms with van der Waals surface area (Å²) in [4.78, 5) is 0. The SMILES string of the molecule is FC(F)(F)c1cc(NC(/C=C/c2ccccc2)c2ccccc2)cc(C(F)(F)F)c1. The van der Waals surface area contributed by atoms with Gasteiger partial charge < -0.3 is 5.32 Å². The highest BCUT2D eigenvalue weighted by Gasteiger charge is 2.37. The molecule has 0 fully saturated rings. The van der Waals surface area contributed by atoms with Gasteiger partial charge in [0.05, 0.1) is 17.2 Å². The highest BCUT2D eigenvalue weighted by molar-refractivity contribution is 5.56. The van der Waals surface area contributed by atoms with Crippen molar-refractivity contribution in [3.63, 3.8) is 0 Å². The van der Waals surface area contributed by atoms with Crippen LogP contribution >= 0.6 is 0 Å². The molecule has 0 amide bonds. The summed E-state index contributed by atoms with van der Waals surface area (Å²) in [6.07, 6.45) is -6.36. The molecule has 3 aromatic rings. The fraction of sp³-hybridized carbons (Fsp3) is 0.130. The van der Waals surface area contributed by atoms with E-state index in [1.807, 2.05) is 30.3 Å².